The van der Waals surface area contributed by atoms with E-state index in [9.17, 15) is 19.2 Å². The van der Waals surface area contributed by atoms with E-state index >= 15 is 0 Å². The van der Waals surface area contributed by atoms with Crippen LogP contribution >= 0.6 is 0 Å². The van der Waals surface area contributed by atoms with Crippen LogP contribution in [-0.2, 0) is 24.6 Å². The van der Waals surface area contributed by atoms with Crippen molar-refractivity contribution in [1.82, 2.24) is 10.2 Å². The predicted molar refractivity (Wildman–Crippen MR) is 76.4 cm³/mol. The van der Waals surface area contributed by atoms with Crippen molar-refractivity contribution in [2.24, 2.45) is 0 Å². The Hall–Kier alpha value is -2.50. The minimum absolute atomic E-state index is 0.0353. The van der Waals surface area contributed by atoms with Crippen LogP contribution in [0.3, 0.4) is 0 Å². The number of nitrogens with zero attached hydrogens (tertiary/aromatic N) is 1. The van der Waals surface area contributed by atoms with Crippen molar-refractivity contribution >= 4 is 23.6 Å². The number of nitrogens with one attached hydrogen (secondary N) is 1. The Labute approximate surface area is 127 Å². The maximum atomic E-state index is 12.8. The number of amides is 4. The number of benzene rings is 1. The summed E-state index contributed by atoms with van der Waals surface area (Å²) in [5.41, 5.74) is -0.205. The van der Waals surface area contributed by atoms with Crippen molar-refractivity contribution in [3.05, 3.63) is 35.9 Å². The molecule has 2 aliphatic heterocycles. The Kier molecular flexibility index (Phi) is 3.31. The van der Waals surface area contributed by atoms with Gasteiger partial charge in [0.2, 0.25) is 23.6 Å². The lowest BCUT2D eigenvalue weighted by atomic mass is 9.81. The average Bonchev–Trinajstić information content (AvgIpc) is 2.72. The molecule has 6 nitrogen and oxygen atoms in total. The SMILES string of the molecule is CC1(c2ccccc2)CC(=O)N(C2CCC(=O)NC2=O)C1=O. The van der Waals surface area contributed by atoms with Crippen LogP contribution in [0.5, 0.6) is 0 Å². The molecular formula is C16H16N2O4. The number of carbonyl (C=O) groups excluding carboxylic acids is 4. The lowest BCUT2D eigenvalue weighted by Gasteiger charge is -2.30. The van der Waals surface area contributed by atoms with Crippen molar-refractivity contribution in [2.75, 3.05) is 0 Å². The monoisotopic (exact) mass is 300 g/mol. The van der Waals surface area contributed by atoms with Crippen molar-refractivity contribution in [1.29, 1.82) is 0 Å². The highest BCUT2D eigenvalue weighted by Crippen LogP contribution is 2.38. The van der Waals surface area contributed by atoms with Gasteiger partial charge in [0.25, 0.3) is 0 Å². The van der Waals surface area contributed by atoms with E-state index < -0.39 is 17.4 Å². The number of imide groups is 2. The van der Waals surface area contributed by atoms with E-state index in [-0.39, 0.29) is 37.0 Å². The number of hydrogen-bond donors (Lipinski definition) is 1. The zero-order valence-electron chi connectivity index (χ0n) is 12.2. The van der Waals surface area contributed by atoms with Crippen LogP contribution in [0, 0.1) is 0 Å². The summed E-state index contributed by atoms with van der Waals surface area (Å²) in [4.78, 5) is 49.4. The third-order valence-electron chi connectivity index (χ3n) is 4.40. The van der Waals surface area contributed by atoms with Gasteiger partial charge in [-0.3, -0.25) is 29.4 Å². The lowest BCUT2D eigenvalue weighted by molar-refractivity contribution is -0.151. The quantitative estimate of drug-likeness (QED) is 0.807. The largest absolute Gasteiger partial charge is 0.295 e. The van der Waals surface area contributed by atoms with E-state index in [0.717, 1.165) is 10.5 Å². The Bertz CT molecular complexity index is 670. The summed E-state index contributed by atoms with van der Waals surface area (Å²) in [6, 6.07) is 8.19. The van der Waals surface area contributed by atoms with Crippen LogP contribution in [0.2, 0.25) is 0 Å². The maximum Gasteiger partial charge on any atom is 0.249 e. The molecule has 0 bridgehead atoms. The van der Waals surface area contributed by atoms with Crippen LogP contribution < -0.4 is 5.32 Å². The molecule has 2 aliphatic rings. The molecular weight excluding hydrogens is 284 g/mol. The molecule has 0 radical (unpaired) electrons. The zero-order valence-corrected chi connectivity index (χ0v) is 12.2. The van der Waals surface area contributed by atoms with Gasteiger partial charge in [-0.2, -0.15) is 0 Å². The van der Waals surface area contributed by atoms with Gasteiger partial charge in [0.15, 0.2) is 0 Å². The Balaban J connectivity index is 1.92. The molecule has 2 fully saturated rings. The first-order valence-corrected chi connectivity index (χ1v) is 7.19. The summed E-state index contributed by atoms with van der Waals surface area (Å²) in [7, 11) is 0. The van der Waals surface area contributed by atoms with Crippen LogP contribution in [0.15, 0.2) is 30.3 Å². The molecule has 0 aromatic heterocycles. The number of likely N-dealkylation sites (tertiary alicyclic amines) is 1. The van der Waals surface area contributed by atoms with Crippen LogP contribution in [-0.4, -0.2) is 34.6 Å². The van der Waals surface area contributed by atoms with Crippen molar-refractivity contribution in [2.45, 2.75) is 37.6 Å². The van der Waals surface area contributed by atoms with Crippen LogP contribution in [0.1, 0.15) is 31.7 Å². The fourth-order valence-corrected chi connectivity index (χ4v) is 3.12. The van der Waals surface area contributed by atoms with Crippen molar-refractivity contribution in [3.63, 3.8) is 0 Å². The summed E-state index contributed by atoms with van der Waals surface area (Å²) in [6.45, 7) is 1.72. The number of piperidine rings is 1. The van der Waals surface area contributed by atoms with Crippen molar-refractivity contribution in [3.8, 4) is 0 Å². The van der Waals surface area contributed by atoms with Gasteiger partial charge in [0, 0.05) is 12.8 Å². The van der Waals surface area contributed by atoms with Gasteiger partial charge in [-0.1, -0.05) is 30.3 Å². The van der Waals surface area contributed by atoms with Gasteiger partial charge in [0.05, 0.1) is 5.41 Å². The third kappa shape index (κ3) is 2.11. The molecule has 6 heteroatoms. The molecule has 0 spiro atoms. The van der Waals surface area contributed by atoms with E-state index in [4.69, 9.17) is 0 Å². The molecule has 4 amide bonds. The molecule has 1 aromatic rings. The second-order valence-electron chi connectivity index (χ2n) is 5.91. The van der Waals surface area contributed by atoms with Gasteiger partial charge in [0.1, 0.15) is 6.04 Å². The maximum absolute atomic E-state index is 12.8. The molecule has 3 rings (SSSR count). The molecule has 0 saturated carbocycles. The Morgan fingerprint density at radius 2 is 1.82 bits per heavy atom. The number of hydrogen-bond acceptors (Lipinski definition) is 4. The van der Waals surface area contributed by atoms with E-state index in [0.29, 0.717) is 0 Å². The van der Waals surface area contributed by atoms with E-state index in [1.165, 1.54) is 0 Å². The molecule has 114 valence electrons. The van der Waals surface area contributed by atoms with Gasteiger partial charge in [-0.25, -0.2) is 0 Å². The van der Waals surface area contributed by atoms with Gasteiger partial charge in [-0.15, -0.1) is 0 Å². The van der Waals surface area contributed by atoms with Gasteiger partial charge < -0.3 is 0 Å². The lowest BCUT2D eigenvalue weighted by Crippen LogP contribution is -2.55. The highest BCUT2D eigenvalue weighted by molar-refractivity contribution is 6.13. The van der Waals surface area contributed by atoms with Crippen molar-refractivity contribution < 1.29 is 19.2 Å². The fourth-order valence-electron chi connectivity index (χ4n) is 3.12. The normalized spacial score (nSPS) is 29.0. The minimum atomic E-state index is -0.958. The zero-order chi connectivity index (χ0) is 15.9. The molecule has 2 heterocycles. The average molecular weight is 300 g/mol. The van der Waals surface area contributed by atoms with Gasteiger partial charge >= 0.3 is 0 Å². The second-order valence-corrected chi connectivity index (χ2v) is 5.91. The summed E-state index contributed by atoms with van der Waals surface area (Å²) in [5.74, 6) is -1.69. The van der Waals surface area contributed by atoms with E-state index in [2.05, 4.69) is 5.32 Å². The van der Waals surface area contributed by atoms with E-state index in [1.807, 2.05) is 18.2 Å². The molecule has 1 N–H and O–H groups in total. The predicted octanol–water partition coefficient (Wildman–Crippen LogP) is 0.508. The van der Waals surface area contributed by atoms with Crippen LogP contribution in [0.4, 0.5) is 0 Å². The molecule has 1 aromatic carbocycles. The number of carbonyl (C=O) groups is 4. The number of rotatable bonds is 2. The molecule has 2 unspecified atom stereocenters. The second kappa shape index (κ2) is 5.05. The third-order valence-corrected chi connectivity index (χ3v) is 4.40. The summed E-state index contributed by atoms with van der Waals surface area (Å²) < 4.78 is 0. The highest BCUT2D eigenvalue weighted by atomic mass is 16.2. The molecule has 2 atom stereocenters. The topological polar surface area (TPSA) is 83.6 Å². The molecule has 0 aliphatic carbocycles. The van der Waals surface area contributed by atoms with Gasteiger partial charge in [-0.05, 0) is 18.9 Å². The first-order chi connectivity index (χ1) is 10.4. The molecule has 2 saturated heterocycles. The smallest absolute Gasteiger partial charge is 0.249 e. The molecule has 22 heavy (non-hydrogen) atoms. The fraction of sp³-hybridized carbons (Fsp3) is 0.375. The Morgan fingerprint density at radius 3 is 2.45 bits per heavy atom. The van der Waals surface area contributed by atoms with E-state index in [1.54, 1.807) is 19.1 Å². The minimum Gasteiger partial charge on any atom is -0.295 e. The standard InChI is InChI=1S/C16H16N2O4/c1-16(10-5-3-2-4-6-10)9-13(20)18(15(16)22)11-7-8-12(19)17-14(11)21/h2-6,11H,7-9H2,1H3,(H,17,19,21). The first-order valence-electron chi connectivity index (χ1n) is 7.19. The first kappa shape index (κ1) is 14.4. The summed E-state index contributed by atoms with van der Waals surface area (Å²) in [5, 5.41) is 2.19. The summed E-state index contributed by atoms with van der Waals surface area (Å²) in [6.07, 6.45) is 0.357. The van der Waals surface area contributed by atoms with Crippen LogP contribution in [0.25, 0.3) is 0 Å². The Morgan fingerprint density at radius 1 is 1.14 bits per heavy atom. The summed E-state index contributed by atoms with van der Waals surface area (Å²) >= 11 is 0. The highest BCUT2D eigenvalue weighted by Gasteiger charge is 2.53.